The summed E-state index contributed by atoms with van der Waals surface area (Å²) in [6, 6.07) is 17.5. The SMILES string of the molecule is C=S1c2ccc(C)cc2C1(C)c1ccccc1. The van der Waals surface area contributed by atoms with Crippen molar-refractivity contribution >= 4 is 16.4 Å². The molecule has 86 valence electrons. The van der Waals surface area contributed by atoms with Crippen molar-refractivity contribution in [2.45, 2.75) is 23.5 Å². The predicted octanol–water partition coefficient (Wildman–Crippen LogP) is 4.33. The lowest BCUT2D eigenvalue weighted by Gasteiger charge is -2.45. The molecular weight excluding hydrogens is 224 g/mol. The Morgan fingerprint density at radius 1 is 1.06 bits per heavy atom. The Balaban J connectivity index is 2.21. The molecular formula is C16H16S. The van der Waals surface area contributed by atoms with Gasteiger partial charge in [-0.2, -0.15) is 0 Å². The Morgan fingerprint density at radius 2 is 1.76 bits per heavy atom. The molecule has 0 radical (unpaired) electrons. The third-order valence-electron chi connectivity index (χ3n) is 3.73. The van der Waals surface area contributed by atoms with Crippen molar-refractivity contribution in [3.05, 3.63) is 65.2 Å². The van der Waals surface area contributed by atoms with Crippen LogP contribution in [0.3, 0.4) is 0 Å². The molecule has 0 saturated carbocycles. The lowest BCUT2D eigenvalue weighted by atomic mass is 9.90. The Labute approximate surface area is 105 Å². The fraction of sp³-hybridized carbons (Fsp3) is 0.188. The van der Waals surface area contributed by atoms with Crippen LogP contribution in [0, 0.1) is 6.92 Å². The maximum atomic E-state index is 4.37. The van der Waals surface area contributed by atoms with Gasteiger partial charge in [-0.05, 0) is 31.0 Å². The van der Waals surface area contributed by atoms with E-state index in [9.17, 15) is 0 Å². The molecule has 2 aromatic rings. The number of hydrogen-bond acceptors (Lipinski definition) is 0. The van der Waals surface area contributed by atoms with Crippen molar-refractivity contribution in [1.29, 1.82) is 0 Å². The molecule has 0 fully saturated rings. The van der Waals surface area contributed by atoms with Gasteiger partial charge in [0.25, 0.3) is 0 Å². The summed E-state index contributed by atoms with van der Waals surface area (Å²) in [5.41, 5.74) is 4.18. The van der Waals surface area contributed by atoms with Crippen molar-refractivity contribution in [3.63, 3.8) is 0 Å². The van der Waals surface area contributed by atoms with Crippen LogP contribution in [0.5, 0.6) is 0 Å². The Kier molecular flexibility index (Phi) is 2.27. The molecule has 1 heterocycles. The summed E-state index contributed by atoms with van der Waals surface area (Å²) in [5.74, 6) is 4.37. The molecule has 2 unspecified atom stereocenters. The maximum Gasteiger partial charge on any atom is 0.0628 e. The van der Waals surface area contributed by atoms with Gasteiger partial charge >= 0.3 is 0 Å². The van der Waals surface area contributed by atoms with Crippen LogP contribution in [-0.4, -0.2) is 5.87 Å². The van der Waals surface area contributed by atoms with Gasteiger partial charge in [0.15, 0.2) is 0 Å². The summed E-state index contributed by atoms with van der Waals surface area (Å²) >= 11 is 0. The maximum absolute atomic E-state index is 4.37. The minimum atomic E-state index is 0.0705. The molecule has 2 atom stereocenters. The monoisotopic (exact) mass is 240 g/mol. The largest absolute Gasteiger partial charge is 0.147 e. The molecule has 0 aliphatic carbocycles. The first-order valence-electron chi connectivity index (χ1n) is 5.85. The summed E-state index contributed by atoms with van der Waals surface area (Å²) in [7, 11) is 0.0705. The van der Waals surface area contributed by atoms with E-state index in [1.54, 1.807) is 0 Å². The van der Waals surface area contributed by atoms with Crippen molar-refractivity contribution in [1.82, 2.24) is 0 Å². The zero-order chi connectivity index (χ0) is 12.0. The number of benzene rings is 2. The molecule has 1 aliphatic rings. The average Bonchev–Trinajstić information content (AvgIpc) is 2.38. The second kappa shape index (κ2) is 3.58. The fourth-order valence-corrected chi connectivity index (χ4v) is 4.49. The Hall–Kier alpha value is -1.34. The van der Waals surface area contributed by atoms with Crippen LogP contribution in [0.25, 0.3) is 0 Å². The van der Waals surface area contributed by atoms with Crippen molar-refractivity contribution in [3.8, 4) is 0 Å². The molecule has 0 spiro atoms. The number of rotatable bonds is 1. The van der Waals surface area contributed by atoms with Gasteiger partial charge in [0.05, 0.1) is 4.75 Å². The molecule has 0 aromatic heterocycles. The van der Waals surface area contributed by atoms with Crippen LogP contribution in [0.2, 0.25) is 0 Å². The van der Waals surface area contributed by atoms with Crippen LogP contribution in [0.15, 0.2) is 53.4 Å². The molecule has 1 heteroatoms. The third kappa shape index (κ3) is 1.35. The normalized spacial score (nSPS) is 26.1. The molecule has 0 saturated heterocycles. The highest BCUT2D eigenvalue weighted by Crippen LogP contribution is 2.62. The number of fused-ring (bicyclic) bond motifs is 1. The first kappa shape index (κ1) is 10.8. The van der Waals surface area contributed by atoms with Crippen LogP contribution < -0.4 is 0 Å². The second-order valence-corrected chi connectivity index (χ2v) is 6.83. The van der Waals surface area contributed by atoms with E-state index in [1.165, 1.54) is 21.6 Å². The van der Waals surface area contributed by atoms with Gasteiger partial charge in [-0.3, -0.25) is 0 Å². The van der Waals surface area contributed by atoms with Crippen molar-refractivity contribution in [2.75, 3.05) is 0 Å². The van der Waals surface area contributed by atoms with Crippen LogP contribution >= 0.6 is 10.5 Å². The Morgan fingerprint density at radius 3 is 2.47 bits per heavy atom. The second-order valence-electron chi connectivity index (χ2n) is 4.79. The third-order valence-corrected chi connectivity index (χ3v) is 6.06. The molecule has 2 aromatic carbocycles. The molecule has 0 N–H and O–H groups in total. The highest BCUT2D eigenvalue weighted by Gasteiger charge is 2.42. The molecule has 0 amide bonds. The highest BCUT2D eigenvalue weighted by atomic mass is 32.2. The van der Waals surface area contributed by atoms with Crippen molar-refractivity contribution < 1.29 is 0 Å². The van der Waals surface area contributed by atoms with Gasteiger partial charge in [-0.15, -0.1) is 10.5 Å². The van der Waals surface area contributed by atoms with Gasteiger partial charge in [0, 0.05) is 4.90 Å². The number of aryl methyl sites for hydroxylation is 1. The zero-order valence-corrected chi connectivity index (χ0v) is 11.1. The lowest BCUT2D eigenvalue weighted by Crippen LogP contribution is -2.30. The van der Waals surface area contributed by atoms with E-state index in [1.807, 2.05) is 0 Å². The van der Waals surface area contributed by atoms with E-state index in [0.717, 1.165) is 0 Å². The van der Waals surface area contributed by atoms with Crippen molar-refractivity contribution in [2.24, 2.45) is 0 Å². The van der Waals surface area contributed by atoms with Crippen LogP contribution in [-0.2, 0) is 4.75 Å². The summed E-state index contributed by atoms with van der Waals surface area (Å²) in [5, 5.41) is 0. The highest BCUT2D eigenvalue weighted by molar-refractivity contribution is 8.16. The first-order valence-corrected chi connectivity index (χ1v) is 7.24. The minimum absolute atomic E-state index is 0.0705. The molecule has 17 heavy (non-hydrogen) atoms. The molecule has 0 nitrogen and oxygen atoms in total. The van der Waals surface area contributed by atoms with Crippen LogP contribution in [0.1, 0.15) is 23.6 Å². The van der Waals surface area contributed by atoms with E-state index in [4.69, 9.17) is 0 Å². The van der Waals surface area contributed by atoms with E-state index in [2.05, 4.69) is 68.2 Å². The van der Waals surface area contributed by atoms with Gasteiger partial charge < -0.3 is 0 Å². The Bertz CT molecular complexity index is 598. The smallest absolute Gasteiger partial charge is 0.0628 e. The topological polar surface area (TPSA) is 0 Å². The van der Waals surface area contributed by atoms with Gasteiger partial charge in [0.2, 0.25) is 0 Å². The van der Waals surface area contributed by atoms with E-state index in [0.29, 0.717) is 0 Å². The molecule has 3 rings (SSSR count). The van der Waals surface area contributed by atoms with Gasteiger partial charge in [-0.1, -0.05) is 53.9 Å². The standard InChI is InChI=1S/C16H16S/c1-12-9-10-15-14(11-12)16(2,17(15)3)13-7-5-4-6-8-13/h4-11H,3H2,1-2H3. The summed E-state index contributed by atoms with van der Waals surface area (Å²) < 4.78 is 0.114. The summed E-state index contributed by atoms with van der Waals surface area (Å²) in [6.07, 6.45) is 0. The summed E-state index contributed by atoms with van der Waals surface area (Å²) in [6.45, 7) is 4.48. The van der Waals surface area contributed by atoms with Gasteiger partial charge in [0.1, 0.15) is 0 Å². The minimum Gasteiger partial charge on any atom is -0.147 e. The van der Waals surface area contributed by atoms with E-state index >= 15 is 0 Å². The first-order chi connectivity index (χ1) is 8.14. The molecule has 0 bridgehead atoms. The van der Waals surface area contributed by atoms with E-state index in [-0.39, 0.29) is 15.2 Å². The summed E-state index contributed by atoms with van der Waals surface area (Å²) in [4.78, 5) is 1.43. The predicted molar refractivity (Wildman–Crippen MR) is 77.1 cm³/mol. The quantitative estimate of drug-likeness (QED) is 0.651. The zero-order valence-electron chi connectivity index (χ0n) is 10.2. The number of hydrogen-bond donors (Lipinski definition) is 0. The average molecular weight is 240 g/mol. The van der Waals surface area contributed by atoms with Crippen LogP contribution in [0.4, 0.5) is 0 Å². The van der Waals surface area contributed by atoms with E-state index < -0.39 is 0 Å². The van der Waals surface area contributed by atoms with Gasteiger partial charge in [-0.25, -0.2) is 0 Å². The fourth-order valence-electron chi connectivity index (χ4n) is 2.59. The molecule has 1 aliphatic heterocycles. The lowest BCUT2D eigenvalue weighted by molar-refractivity contribution is 0.772.